The smallest absolute Gasteiger partial charge is 0.256 e. The van der Waals surface area contributed by atoms with Gasteiger partial charge in [0.15, 0.2) is 0 Å². The van der Waals surface area contributed by atoms with Gasteiger partial charge in [-0.3, -0.25) is 0 Å². The summed E-state index contributed by atoms with van der Waals surface area (Å²) in [6.07, 6.45) is -0.762. The molecule has 0 aliphatic carbocycles. The van der Waals surface area contributed by atoms with E-state index in [2.05, 4.69) is 0 Å². The molecule has 0 spiro atoms. The number of rotatable bonds is 9. The van der Waals surface area contributed by atoms with E-state index >= 15 is 0 Å². The standard InChI is InChI=1S/C23H25NO5S2/c1-3-29-23(20-16-14-19(2)15-17-20)18-24(30(25,26)21-10-6-4-7-11-21)31(27,28)22-12-8-5-9-13-22/h4-17,23H,3,18H2,1-2H3. The highest BCUT2D eigenvalue weighted by molar-refractivity contribution is 8.04. The summed E-state index contributed by atoms with van der Waals surface area (Å²) in [5.74, 6) is 0. The van der Waals surface area contributed by atoms with Crippen LogP contribution in [0.1, 0.15) is 24.2 Å². The Morgan fingerprint density at radius 3 is 1.61 bits per heavy atom. The van der Waals surface area contributed by atoms with E-state index in [0.29, 0.717) is 15.9 Å². The molecule has 164 valence electrons. The largest absolute Gasteiger partial charge is 0.372 e. The quantitative estimate of drug-likeness (QED) is 0.480. The average Bonchev–Trinajstić information content (AvgIpc) is 2.78. The highest BCUT2D eigenvalue weighted by Crippen LogP contribution is 2.29. The minimum Gasteiger partial charge on any atom is -0.372 e. The van der Waals surface area contributed by atoms with Crippen LogP contribution in [-0.4, -0.2) is 33.7 Å². The van der Waals surface area contributed by atoms with Gasteiger partial charge in [0.25, 0.3) is 20.0 Å². The molecule has 0 aliphatic heterocycles. The van der Waals surface area contributed by atoms with Crippen LogP contribution in [0.4, 0.5) is 0 Å². The van der Waals surface area contributed by atoms with Gasteiger partial charge in [-0.2, -0.15) is 0 Å². The minimum atomic E-state index is -4.37. The van der Waals surface area contributed by atoms with Gasteiger partial charge in [0, 0.05) is 6.61 Å². The number of sulfonamides is 2. The molecule has 8 heteroatoms. The van der Waals surface area contributed by atoms with Crippen molar-refractivity contribution in [2.75, 3.05) is 13.2 Å². The number of nitrogens with zero attached hydrogens (tertiary/aromatic N) is 1. The summed E-state index contributed by atoms with van der Waals surface area (Å²) in [5, 5.41) is 0. The fourth-order valence-corrected chi connectivity index (χ4v) is 6.80. The second-order valence-corrected chi connectivity index (χ2v) is 10.9. The Bertz CT molecular complexity index is 1120. The summed E-state index contributed by atoms with van der Waals surface area (Å²) in [6, 6.07) is 22.5. The van der Waals surface area contributed by atoms with Crippen LogP contribution in [0.3, 0.4) is 0 Å². The van der Waals surface area contributed by atoms with E-state index in [9.17, 15) is 16.8 Å². The predicted octanol–water partition coefficient (Wildman–Crippen LogP) is 4.15. The van der Waals surface area contributed by atoms with E-state index in [4.69, 9.17) is 4.74 Å². The number of ether oxygens (including phenoxy) is 1. The van der Waals surface area contributed by atoms with Gasteiger partial charge < -0.3 is 4.74 Å². The van der Waals surface area contributed by atoms with E-state index in [1.54, 1.807) is 43.3 Å². The van der Waals surface area contributed by atoms with Crippen LogP contribution < -0.4 is 0 Å². The molecule has 3 rings (SSSR count). The van der Waals surface area contributed by atoms with E-state index < -0.39 is 26.2 Å². The molecule has 3 aromatic carbocycles. The second kappa shape index (κ2) is 9.74. The summed E-state index contributed by atoms with van der Waals surface area (Å²) in [4.78, 5) is -0.206. The van der Waals surface area contributed by atoms with Gasteiger partial charge in [-0.25, -0.2) is 16.8 Å². The Morgan fingerprint density at radius 1 is 0.742 bits per heavy atom. The van der Waals surface area contributed by atoms with Crippen molar-refractivity contribution in [2.45, 2.75) is 29.7 Å². The molecule has 0 aliphatic rings. The van der Waals surface area contributed by atoms with Crippen LogP contribution >= 0.6 is 0 Å². The Balaban J connectivity index is 2.12. The molecular weight excluding hydrogens is 434 g/mol. The highest BCUT2D eigenvalue weighted by atomic mass is 32.3. The third kappa shape index (κ3) is 5.22. The predicted molar refractivity (Wildman–Crippen MR) is 120 cm³/mol. The van der Waals surface area contributed by atoms with E-state index in [-0.39, 0.29) is 16.3 Å². The first-order valence-electron chi connectivity index (χ1n) is 9.83. The first kappa shape index (κ1) is 23.1. The van der Waals surface area contributed by atoms with Crippen molar-refractivity contribution >= 4 is 20.0 Å². The number of benzene rings is 3. The molecule has 3 aromatic rings. The monoisotopic (exact) mass is 459 g/mol. The van der Waals surface area contributed by atoms with Crippen molar-refractivity contribution in [1.29, 1.82) is 0 Å². The SMILES string of the molecule is CCOC(CN(S(=O)(=O)c1ccccc1)S(=O)(=O)c1ccccc1)c1ccc(C)cc1. The van der Waals surface area contributed by atoms with Gasteiger partial charge in [-0.05, 0) is 43.7 Å². The van der Waals surface area contributed by atoms with Crippen molar-refractivity contribution in [1.82, 2.24) is 3.71 Å². The van der Waals surface area contributed by atoms with Crippen LogP contribution in [-0.2, 0) is 24.8 Å². The average molecular weight is 460 g/mol. The number of aryl methyl sites for hydroxylation is 1. The van der Waals surface area contributed by atoms with E-state index in [1.165, 1.54) is 24.3 Å². The maximum atomic E-state index is 13.5. The van der Waals surface area contributed by atoms with Crippen LogP contribution in [0.2, 0.25) is 0 Å². The molecule has 0 saturated heterocycles. The van der Waals surface area contributed by atoms with Crippen molar-refractivity contribution in [2.24, 2.45) is 0 Å². The molecule has 0 bridgehead atoms. The lowest BCUT2D eigenvalue weighted by atomic mass is 10.1. The van der Waals surface area contributed by atoms with Gasteiger partial charge in [-0.15, -0.1) is 0 Å². The Morgan fingerprint density at radius 2 is 1.19 bits per heavy atom. The molecule has 1 atom stereocenters. The third-order valence-electron chi connectivity index (χ3n) is 4.75. The van der Waals surface area contributed by atoms with Crippen LogP contribution in [0.25, 0.3) is 0 Å². The lowest BCUT2D eigenvalue weighted by molar-refractivity contribution is 0.0574. The summed E-state index contributed by atoms with van der Waals surface area (Å²) in [5.41, 5.74) is 1.73. The van der Waals surface area contributed by atoms with Crippen LogP contribution in [0.5, 0.6) is 0 Å². The molecule has 0 saturated carbocycles. The summed E-state index contributed by atoms with van der Waals surface area (Å²) in [7, 11) is -8.74. The zero-order valence-electron chi connectivity index (χ0n) is 17.4. The first-order chi connectivity index (χ1) is 14.8. The summed E-state index contributed by atoms with van der Waals surface area (Å²) < 4.78 is 60.2. The zero-order chi connectivity index (χ0) is 22.5. The summed E-state index contributed by atoms with van der Waals surface area (Å²) >= 11 is 0. The number of hydrogen-bond donors (Lipinski definition) is 0. The first-order valence-corrected chi connectivity index (χ1v) is 12.7. The van der Waals surface area contributed by atoms with Gasteiger partial charge in [0.05, 0.1) is 22.4 Å². The zero-order valence-corrected chi connectivity index (χ0v) is 19.0. The fourth-order valence-electron chi connectivity index (χ4n) is 3.12. The van der Waals surface area contributed by atoms with Crippen molar-refractivity contribution in [3.05, 3.63) is 96.1 Å². The third-order valence-corrected chi connectivity index (χ3v) is 9.03. The molecule has 1 unspecified atom stereocenters. The van der Waals surface area contributed by atoms with Crippen LogP contribution in [0, 0.1) is 6.92 Å². The molecular formula is C23H25NO5S2. The van der Waals surface area contributed by atoms with Crippen molar-refractivity contribution in [3.8, 4) is 0 Å². The Hall–Kier alpha value is -2.52. The highest BCUT2D eigenvalue weighted by Gasteiger charge is 2.38. The molecule has 0 N–H and O–H groups in total. The normalized spacial score (nSPS) is 13.3. The molecule has 0 radical (unpaired) electrons. The topological polar surface area (TPSA) is 80.8 Å². The second-order valence-electron chi connectivity index (χ2n) is 6.95. The van der Waals surface area contributed by atoms with Gasteiger partial charge in [0.1, 0.15) is 0 Å². The lowest BCUT2D eigenvalue weighted by Gasteiger charge is -2.27. The molecule has 31 heavy (non-hydrogen) atoms. The molecule has 6 nitrogen and oxygen atoms in total. The maximum absolute atomic E-state index is 13.5. The van der Waals surface area contributed by atoms with Crippen LogP contribution in [0.15, 0.2) is 94.7 Å². The molecule has 0 fully saturated rings. The van der Waals surface area contributed by atoms with Crippen molar-refractivity contribution in [3.63, 3.8) is 0 Å². The molecule has 0 aromatic heterocycles. The Labute approximate surface area is 184 Å². The van der Waals surface area contributed by atoms with Crippen molar-refractivity contribution < 1.29 is 21.6 Å². The maximum Gasteiger partial charge on any atom is 0.256 e. The summed E-state index contributed by atoms with van der Waals surface area (Å²) in [6.45, 7) is 3.63. The minimum absolute atomic E-state index is 0.103. The Kier molecular flexibility index (Phi) is 7.27. The van der Waals surface area contributed by atoms with Gasteiger partial charge in [0.2, 0.25) is 0 Å². The van der Waals surface area contributed by atoms with Gasteiger partial charge in [-0.1, -0.05) is 69.9 Å². The van der Waals surface area contributed by atoms with E-state index in [1.807, 2.05) is 31.2 Å². The number of hydrogen-bond acceptors (Lipinski definition) is 5. The van der Waals surface area contributed by atoms with E-state index in [0.717, 1.165) is 5.56 Å². The fraction of sp³-hybridized carbons (Fsp3) is 0.217. The van der Waals surface area contributed by atoms with Gasteiger partial charge >= 0.3 is 0 Å². The lowest BCUT2D eigenvalue weighted by Crippen LogP contribution is -2.40. The molecule has 0 heterocycles. The molecule has 0 amide bonds.